The zero-order valence-corrected chi connectivity index (χ0v) is 14.2. The Morgan fingerprint density at radius 1 is 1.12 bits per heavy atom. The summed E-state index contributed by atoms with van der Waals surface area (Å²) in [6.07, 6.45) is 3.89. The number of nitrogens with one attached hydrogen (secondary N) is 1. The van der Waals surface area contributed by atoms with Crippen molar-refractivity contribution in [3.05, 3.63) is 35.4 Å². The molecule has 3 aliphatic rings. The number of imide groups is 1. The first-order chi connectivity index (χ1) is 11.6. The van der Waals surface area contributed by atoms with E-state index in [-0.39, 0.29) is 24.0 Å². The van der Waals surface area contributed by atoms with E-state index in [0.29, 0.717) is 5.92 Å². The van der Waals surface area contributed by atoms with Crippen LogP contribution in [0.4, 0.5) is 4.79 Å². The minimum atomic E-state index is -0.247. The van der Waals surface area contributed by atoms with E-state index in [2.05, 4.69) is 41.4 Å². The van der Waals surface area contributed by atoms with Gasteiger partial charge in [0, 0.05) is 25.7 Å². The third-order valence-electron chi connectivity index (χ3n) is 5.51. The van der Waals surface area contributed by atoms with E-state index in [1.165, 1.54) is 16.0 Å². The SMILES string of the molecule is Cc1cccc(CN2CCC(N3C(=O)NC(C4CC4)C3=O)CC2)c1. The van der Waals surface area contributed by atoms with Crippen molar-refractivity contribution in [2.45, 2.75) is 51.2 Å². The molecular formula is C19H25N3O2. The van der Waals surface area contributed by atoms with Gasteiger partial charge in [-0.1, -0.05) is 29.8 Å². The third-order valence-corrected chi connectivity index (χ3v) is 5.51. The summed E-state index contributed by atoms with van der Waals surface area (Å²) in [6.45, 7) is 4.93. The molecule has 1 aromatic rings. The maximum absolute atomic E-state index is 12.5. The van der Waals surface area contributed by atoms with Crippen molar-refractivity contribution in [2.75, 3.05) is 13.1 Å². The summed E-state index contributed by atoms with van der Waals surface area (Å²) in [4.78, 5) is 28.7. The zero-order chi connectivity index (χ0) is 16.7. The molecule has 1 unspecified atom stereocenters. The fourth-order valence-electron chi connectivity index (χ4n) is 4.01. The fourth-order valence-corrected chi connectivity index (χ4v) is 4.01. The molecule has 1 aromatic carbocycles. The summed E-state index contributed by atoms with van der Waals surface area (Å²) in [5, 5.41) is 2.89. The number of piperidine rings is 1. The van der Waals surface area contributed by atoms with E-state index in [9.17, 15) is 9.59 Å². The van der Waals surface area contributed by atoms with Crippen LogP contribution in [0.25, 0.3) is 0 Å². The zero-order valence-electron chi connectivity index (χ0n) is 14.2. The average Bonchev–Trinajstić information content (AvgIpc) is 3.35. The molecule has 2 saturated heterocycles. The molecule has 5 nitrogen and oxygen atoms in total. The van der Waals surface area contributed by atoms with Gasteiger partial charge in [0.2, 0.25) is 0 Å². The number of benzene rings is 1. The number of carbonyl (C=O) groups is 2. The van der Waals surface area contributed by atoms with Crippen LogP contribution in [-0.4, -0.2) is 46.9 Å². The van der Waals surface area contributed by atoms with Crippen LogP contribution in [0.2, 0.25) is 0 Å². The van der Waals surface area contributed by atoms with E-state index in [1.54, 1.807) is 0 Å². The van der Waals surface area contributed by atoms with Crippen LogP contribution in [0.3, 0.4) is 0 Å². The van der Waals surface area contributed by atoms with Gasteiger partial charge in [0.05, 0.1) is 0 Å². The number of urea groups is 1. The van der Waals surface area contributed by atoms with Gasteiger partial charge in [-0.05, 0) is 44.1 Å². The van der Waals surface area contributed by atoms with Crippen LogP contribution in [0.1, 0.15) is 36.8 Å². The summed E-state index contributed by atoms with van der Waals surface area (Å²) in [7, 11) is 0. The number of likely N-dealkylation sites (tertiary alicyclic amines) is 1. The number of hydrogen-bond acceptors (Lipinski definition) is 3. The van der Waals surface area contributed by atoms with Crippen molar-refractivity contribution in [3.63, 3.8) is 0 Å². The van der Waals surface area contributed by atoms with Crippen LogP contribution < -0.4 is 5.32 Å². The topological polar surface area (TPSA) is 52.6 Å². The van der Waals surface area contributed by atoms with Crippen molar-refractivity contribution in [3.8, 4) is 0 Å². The molecule has 3 amide bonds. The molecule has 24 heavy (non-hydrogen) atoms. The summed E-state index contributed by atoms with van der Waals surface area (Å²) < 4.78 is 0. The molecular weight excluding hydrogens is 302 g/mol. The van der Waals surface area contributed by atoms with Gasteiger partial charge >= 0.3 is 6.03 Å². The summed E-state index contributed by atoms with van der Waals surface area (Å²) in [5.74, 6) is 0.396. The molecule has 1 N–H and O–H groups in total. The van der Waals surface area contributed by atoms with Gasteiger partial charge < -0.3 is 5.32 Å². The predicted octanol–water partition coefficient (Wildman–Crippen LogP) is 2.29. The minimum Gasteiger partial charge on any atom is -0.326 e. The molecule has 1 atom stereocenters. The molecule has 2 heterocycles. The van der Waals surface area contributed by atoms with Crippen LogP contribution in [0, 0.1) is 12.8 Å². The first-order valence-corrected chi connectivity index (χ1v) is 9.03. The summed E-state index contributed by atoms with van der Waals surface area (Å²) >= 11 is 0. The second-order valence-corrected chi connectivity index (χ2v) is 7.47. The Morgan fingerprint density at radius 3 is 2.54 bits per heavy atom. The third kappa shape index (κ3) is 3.05. The lowest BCUT2D eigenvalue weighted by atomic mass is 10.0. The Morgan fingerprint density at radius 2 is 1.88 bits per heavy atom. The largest absolute Gasteiger partial charge is 0.326 e. The molecule has 0 radical (unpaired) electrons. The molecule has 128 valence electrons. The standard InChI is InChI=1S/C19H25N3O2/c1-13-3-2-4-14(11-13)12-21-9-7-16(8-10-21)22-18(23)17(15-5-6-15)20-19(22)24/h2-4,11,15-17H,5-10,12H2,1H3,(H,20,24). The van der Waals surface area contributed by atoms with Gasteiger partial charge in [0.25, 0.3) is 5.91 Å². The molecule has 5 heteroatoms. The Kier molecular flexibility index (Phi) is 4.04. The van der Waals surface area contributed by atoms with Crippen LogP contribution in [-0.2, 0) is 11.3 Å². The monoisotopic (exact) mass is 327 g/mol. The van der Waals surface area contributed by atoms with Crippen LogP contribution in [0.5, 0.6) is 0 Å². The van der Waals surface area contributed by atoms with Crippen molar-refractivity contribution in [1.29, 1.82) is 0 Å². The smallest absolute Gasteiger partial charge is 0.325 e. The Hall–Kier alpha value is -1.88. The molecule has 1 aliphatic carbocycles. The fraction of sp³-hybridized carbons (Fsp3) is 0.579. The first-order valence-electron chi connectivity index (χ1n) is 9.03. The van der Waals surface area contributed by atoms with Gasteiger partial charge in [-0.3, -0.25) is 14.6 Å². The van der Waals surface area contributed by atoms with Crippen molar-refractivity contribution in [1.82, 2.24) is 15.1 Å². The van der Waals surface area contributed by atoms with E-state index >= 15 is 0 Å². The number of carbonyl (C=O) groups excluding carboxylic acids is 2. The number of hydrogen-bond donors (Lipinski definition) is 1. The summed E-state index contributed by atoms with van der Waals surface area (Å²) in [5.41, 5.74) is 2.62. The van der Waals surface area contributed by atoms with Crippen LogP contribution >= 0.6 is 0 Å². The highest BCUT2D eigenvalue weighted by Gasteiger charge is 2.48. The maximum atomic E-state index is 12.5. The lowest BCUT2D eigenvalue weighted by molar-refractivity contribution is -0.130. The average molecular weight is 327 g/mol. The molecule has 1 saturated carbocycles. The number of amides is 3. The number of nitrogens with zero attached hydrogens (tertiary/aromatic N) is 2. The number of aryl methyl sites for hydroxylation is 1. The Balaban J connectivity index is 1.34. The summed E-state index contributed by atoms with van der Waals surface area (Å²) in [6, 6.07) is 8.25. The van der Waals surface area contributed by atoms with Crippen LogP contribution in [0.15, 0.2) is 24.3 Å². The highest BCUT2D eigenvalue weighted by molar-refractivity contribution is 6.04. The molecule has 3 fully saturated rings. The Bertz CT molecular complexity index is 648. The lowest BCUT2D eigenvalue weighted by Gasteiger charge is -2.35. The molecule has 0 aromatic heterocycles. The van der Waals surface area contributed by atoms with Gasteiger partial charge in [0.15, 0.2) is 0 Å². The highest BCUT2D eigenvalue weighted by Crippen LogP contribution is 2.36. The quantitative estimate of drug-likeness (QED) is 0.863. The Labute approximate surface area is 143 Å². The maximum Gasteiger partial charge on any atom is 0.325 e. The van der Waals surface area contributed by atoms with Crippen molar-refractivity contribution >= 4 is 11.9 Å². The lowest BCUT2D eigenvalue weighted by Crippen LogP contribution is -2.47. The molecule has 0 spiro atoms. The van der Waals surface area contributed by atoms with Gasteiger partial charge in [-0.2, -0.15) is 0 Å². The first kappa shape index (κ1) is 15.6. The second-order valence-electron chi connectivity index (χ2n) is 7.47. The van der Waals surface area contributed by atoms with Crippen molar-refractivity contribution in [2.24, 2.45) is 5.92 Å². The van der Waals surface area contributed by atoms with Gasteiger partial charge in [-0.25, -0.2) is 4.79 Å². The second kappa shape index (κ2) is 6.20. The van der Waals surface area contributed by atoms with E-state index in [0.717, 1.165) is 45.3 Å². The highest BCUT2D eigenvalue weighted by atomic mass is 16.2. The van der Waals surface area contributed by atoms with Gasteiger partial charge in [0.1, 0.15) is 6.04 Å². The minimum absolute atomic E-state index is 0.0136. The van der Waals surface area contributed by atoms with E-state index in [1.807, 2.05) is 0 Å². The normalized spacial score (nSPS) is 26.0. The number of rotatable bonds is 4. The molecule has 4 rings (SSSR count). The predicted molar refractivity (Wildman–Crippen MR) is 91.4 cm³/mol. The molecule has 0 bridgehead atoms. The van der Waals surface area contributed by atoms with Crippen molar-refractivity contribution < 1.29 is 9.59 Å². The molecule has 2 aliphatic heterocycles. The van der Waals surface area contributed by atoms with E-state index < -0.39 is 0 Å². The van der Waals surface area contributed by atoms with E-state index in [4.69, 9.17) is 0 Å². The van der Waals surface area contributed by atoms with Gasteiger partial charge in [-0.15, -0.1) is 0 Å².